The molecule has 0 heterocycles. The van der Waals surface area contributed by atoms with Gasteiger partial charge in [0, 0.05) is 12.7 Å². The van der Waals surface area contributed by atoms with Crippen LogP contribution in [0.1, 0.15) is 13.8 Å². The second kappa shape index (κ2) is 5.18. The third kappa shape index (κ3) is 4.84. The number of carbonyl (C=O) groups is 2. The number of carbonyl (C=O) groups excluding carboxylic acids is 2. The summed E-state index contributed by atoms with van der Waals surface area (Å²) in [4.78, 5) is 22.0. The van der Waals surface area contributed by atoms with Crippen LogP contribution in [0.3, 0.4) is 0 Å². The van der Waals surface area contributed by atoms with Crippen LogP contribution in [0.15, 0.2) is 12.3 Å². The third-order valence-electron chi connectivity index (χ3n) is 1.30. The SMILES string of the molecule is C=C(C)NC(=O)[C@H](C)NC(=O)NC. The molecule has 3 N–H and O–H groups in total. The van der Waals surface area contributed by atoms with Gasteiger partial charge >= 0.3 is 6.03 Å². The molecule has 0 saturated heterocycles. The summed E-state index contributed by atoms with van der Waals surface area (Å²) in [6.07, 6.45) is 0. The van der Waals surface area contributed by atoms with Crippen molar-refractivity contribution in [2.45, 2.75) is 19.9 Å². The molecule has 0 bridgehead atoms. The summed E-state index contributed by atoms with van der Waals surface area (Å²) < 4.78 is 0. The second-order valence-corrected chi connectivity index (χ2v) is 2.71. The van der Waals surface area contributed by atoms with Gasteiger partial charge in [-0.15, -0.1) is 0 Å². The Bertz CT molecular complexity index is 225. The molecule has 0 aliphatic carbocycles. The third-order valence-corrected chi connectivity index (χ3v) is 1.30. The topological polar surface area (TPSA) is 70.2 Å². The number of hydrogen-bond acceptors (Lipinski definition) is 2. The van der Waals surface area contributed by atoms with Crippen LogP contribution in [-0.4, -0.2) is 25.0 Å². The molecule has 0 rings (SSSR count). The number of hydrogen-bond donors (Lipinski definition) is 3. The molecule has 0 aromatic heterocycles. The largest absolute Gasteiger partial charge is 0.341 e. The highest BCUT2D eigenvalue weighted by Crippen LogP contribution is 1.85. The lowest BCUT2D eigenvalue weighted by Gasteiger charge is -2.13. The molecule has 3 amide bonds. The van der Waals surface area contributed by atoms with E-state index < -0.39 is 6.04 Å². The van der Waals surface area contributed by atoms with Crippen LogP contribution in [0.2, 0.25) is 0 Å². The van der Waals surface area contributed by atoms with Crippen LogP contribution in [0, 0.1) is 0 Å². The number of allylic oxidation sites excluding steroid dienone is 1. The Morgan fingerprint density at radius 3 is 2.31 bits per heavy atom. The van der Waals surface area contributed by atoms with E-state index in [1.807, 2.05) is 0 Å². The van der Waals surface area contributed by atoms with E-state index >= 15 is 0 Å². The van der Waals surface area contributed by atoms with Crippen LogP contribution < -0.4 is 16.0 Å². The molecule has 0 saturated carbocycles. The number of amides is 3. The van der Waals surface area contributed by atoms with E-state index in [1.54, 1.807) is 13.8 Å². The monoisotopic (exact) mass is 185 g/mol. The summed E-state index contributed by atoms with van der Waals surface area (Å²) in [6.45, 7) is 6.78. The molecule has 0 radical (unpaired) electrons. The average Bonchev–Trinajstić information content (AvgIpc) is 2.02. The van der Waals surface area contributed by atoms with Crippen LogP contribution >= 0.6 is 0 Å². The first-order valence-corrected chi connectivity index (χ1v) is 3.92. The normalized spacial score (nSPS) is 11.3. The first kappa shape index (κ1) is 11.5. The van der Waals surface area contributed by atoms with Crippen molar-refractivity contribution in [3.8, 4) is 0 Å². The second-order valence-electron chi connectivity index (χ2n) is 2.71. The Morgan fingerprint density at radius 1 is 1.38 bits per heavy atom. The smallest absolute Gasteiger partial charge is 0.315 e. The molecule has 5 heteroatoms. The van der Waals surface area contributed by atoms with Crippen molar-refractivity contribution in [2.24, 2.45) is 0 Å². The molecule has 0 aliphatic heterocycles. The molecule has 0 aromatic rings. The van der Waals surface area contributed by atoms with Gasteiger partial charge in [0.15, 0.2) is 0 Å². The van der Waals surface area contributed by atoms with Gasteiger partial charge in [0.25, 0.3) is 0 Å². The molecule has 13 heavy (non-hydrogen) atoms. The lowest BCUT2D eigenvalue weighted by atomic mass is 10.3. The van der Waals surface area contributed by atoms with E-state index in [-0.39, 0.29) is 11.9 Å². The highest BCUT2D eigenvalue weighted by Gasteiger charge is 2.13. The van der Waals surface area contributed by atoms with E-state index in [0.717, 1.165) is 0 Å². The van der Waals surface area contributed by atoms with E-state index in [0.29, 0.717) is 5.70 Å². The predicted octanol–water partition coefficient (Wildman–Crippen LogP) is -0.0463. The standard InChI is InChI=1S/C8H15N3O2/c1-5(2)10-7(12)6(3)11-8(13)9-4/h6H,1H2,2-4H3,(H,10,12)(H2,9,11,13)/t6-/m0/s1. The van der Waals surface area contributed by atoms with Gasteiger partial charge in [0.1, 0.15) is 6.04 Å². The highest BCUT2D eigenvalue weighted by molar-refractivity contribution is 5.87. The first-order chi connectivity index (χ1) is 5.97. The van der Waals surface area contributed by atoms with Crippen LogP contribution in [0.4, 0.5) is 4.79 Å². The van der Waals surface area contributed by atoms with Crippen molar-refractivity contribution in [2.75, 3.05) is 7.05 Å². The van der Waals surface area contributed by atoms with E-state index in [1.165, 1.54) is 7.05 Å². The van der Waals surface area contributed by atoms with Gasteiger partial charge in [-0.3, -0.25) is 4.79 Å². The molecule has 0 fully saturated rings. The molecule has 1 atom stereocenters. The zero-order chi connectivity index (χ0) is 10.4. The number of rotatable bonds is 3. The maximum atomic E-state index is 11.2. The molecular formula is C8H15N3O2. The fourth-order valence-electron chi connectivity index (χ4n) is 0.653. The maximum Gasteiger partial charge on any atom is 0.315 e. The summed E-state index contributed by atoms with van der Waals surface area (Å²) in [5, 5.41) is 7.28. The van der Waals surface area contributed by atoms with Gasteiger partial charge in [-0.2, -0.15) is 0 Å². The quantitative estimate of drug-likeness (QED) is 0.577. The van der Waals surface area contributed by atoms with Crippen molar-refractivity contribution in [3.63, 3.8) is 0 Å². The zero-order valence-corrected chi connectivity index (χ0v) is 8.10. The van der Waals surface area contributed by atoms with Crippen molar-refractivity contribution in [1.82, 2.24) is 16.0 Å². The maximum absolute atomic E-state index is 11.2. The first-order valence-electron chi connectivity index (χ1n) is 3.92. The molecule has 0 unspecified atom stereocenters. The van der Waals surface area contributed by atoms with Gasteiger partial charge in [-0.25, -0.2) is 4.79 Å². The molecule has 74 valence electrons. The Morgan fingerprint density at radius 2 is 1.92 bits per heavy atom. The minimum absolute atomic E-state index is 0.281. The lowest BCUT2D eigenvalue weighted by molar-refractivity contribution is -0.121. The predicted molar refractivity (Wildman–Crippen MR) is 50.0 cm³/mol. The lowest BCUT2D eigenvalue weighted by Crippen LogP contribution is -2.47. The highest BCUT2D eigenvalue weighted by atomic mass is 16.2. The molecule has 0 spiro atoms. The zero-order valence-electron chi connectivity index (χ0n) is 8.10. The van der Waals surface area contributed by atoms with Gasteiger partial charge in [-0.1, -0.05) is 6.58 Å². The minimum Gasteiger partial charge on any atom is -0.341 e. The Kier molecular flexibility index (Phi) is 4.58. The Hall–Kier alpha value is -1.52. The van der Waals surface area contributed by atoms with Gasteiger partial charge in [0.2, 0.25) is 5.91 Å². The minimum atomic E-state index is -0.573. The van der Waals surface area contributed by atoms with Crippen LogP contribution in [0.25, 0.3) is 0 Å². The summed E-state index contributed by atoms with van der Waals surface area (Å²) in [5.74, 6) is -0.281. The van der Waals surface area contributed by atoms with Crippen LogP contribution in [-0.2, 0) is 4.79 Å². The molecular weight excluding hydrogens is 170 g/mol. The van der Waals surface area contributed by atoms with Gasteiger partial charge < -0.3 is 16.0 Å². The Balaban J connectivity index is 3.96. The number of nitrogens with one attached hydrogen (secondary N) is 3. The van der Waals surface area contributed by atoms with E-state index in [2.05, 4.69) is 22.5 Å². The summed E-state index contributed by atoms with van der Waals surface area (Å²) in [5.41, 5.74) is 0.551. The summed E-state index contributed by atoms with van der Waals surface area (Å²) in [6, 6.07) is -0.957. The van der Waals surface area contributed by atoms with E-state index in [4.69, 9.17) is 0 Å². The van der Waals surface area contributed by atoms with Crippen molar-refractivity contribution in [3.05, 3.63) is 12.3 Å². The fraction of sp³-hybridized carbons (Fsp3) is 0.500. The Labute approximate surface area is 77.6 Å². The molecule has 5 nitrogen and oxygen atoms in total. The summed E-state index contributed by atoms with van der Waals surface area (Å²) in [7, 11) is 1.48. The molecule has 0 aromatic carbocycles. The van der Waals surface area contributed by atoms with Gasteiger partial charge in [-0.05, 0) is 13.8 Å². The fourth-order valence-corrected chi connectivity index (χ4v) is 0.653. The van der Waals surface area contributed by atoms with Crippen molar-refractivity contribution < 1.29 is 9.59 Å². The molecule has 0 aliphatic rings. The van der Waals surface area contributed by atoms with Crippen molar-refractivity contribution in [1.29, 1.82) is 0 Å². The van der Waals surface area contributed by atoms with E-state index in [9.17, 15) is 9.59 Å². The van der Waals surface area contributed by atoms with Crippen molar-refractivity contribution >= 4 is 11.9 Å². The van der Waals surface area contributed by atoms with Crippen LogP contribution in [0.5, 0.6) is 0 Å². The van der Waals surface area contributed by atoms with Gasteiger partial charge in [0.05, 0.1) is 0 Å². The number of urea groups is 1. The summed E-state index contributed by atoms with van der Waals surface area (Å²) >= 11 is 0. The average molecular weight is 185 g/mol.